The third kappa shape index (κ3) is 68.7. The second kappa shape index (κ2) is 70.6. The molecule has 0 rings (SSSR count). The molecule has 0 bridgehead atoms. The summed E-state index contributed by atoms with van der Waals surface area (Å²) in [6.07, 6.45) is 96.9. The molecule has 0 saturated carbocycles. The van der Waals surface area contributed by atoms with Crippen LogP contribution in [0.4, 0.5) is 0 Å². The van der Waals surface area contributed by atoms with Crippen LogP contribution in [0.3, 0.4) is 0 Å². The molecule has 0 radical (unpaired) electrons. The standard InChI is InChI=1S/C77H132O6/c1-4-7-10-13-16-19-22-25-28-31-33-34-35-36-37-38-39-40-41-42-44-46-49-52-55-58-61-64-67-70-76(79)82-73-74(72-81-75(78)69-66-63-60-57-54-51-48-45-30-27-24-21-18-15-12-9-6-3)83-77(80)71-68-65-62-59-56-53-50-47-43-32-29-26-23-20-17-14-11-8-5-2/h8,11,17-18,20-22,25-27,29-31,33,43,47,53,56,74H,4-7,9-10,12-16,19,23-24,28,32,34-42,44-46,48-52,54-55,57-73H2,1-3H3/b11-8-,20-17-,21-18-,25-22-,29-26-,30-27-,33-31-,47-43-,56-53-. The predicted molar refractivity (Wildman–Crippen MR) is 362 cm³/mol. The number of allylic oxidation sites excluding steroid dienone is 18. The fourth-order valence-electron chi connectivity index (χ4n) is 9.94. The minimum atomic E-state index is -0.802. The Morgan fingerprint density at radius 2 is 0.470 bits per heavy atom. The van der Waals surface area contributed by atoms with Gasteiger partial charge in [0.25, 0.3) is 0 Å². The summed E-state index contributed by atoms with van der Waals surface area (Å²) in [5, 5.41) is 0. The van der Waals surface area contributed by atoms with Crippen LogP contribution in [-0.4, -0.2) is 37.2 Å². The Balaban J connectivity index is 4.33. The maximum Gasteiger partial charge on any atom is 0.306 e. The van der Waals surface area contributed by atoms with E-state index in [4.69, 9.17) is 14.2 Å². The van der Waals surface area contributed by atoms with Crippen molar-refractivity contribution >= 4 is 17.9 Å². The first kappa shape index (κ1) is 79.1. The van der Waals surface area contributed by atoms with Gasteiger partial charge in [0.1, 0.15) is 13.2 Å². The van der Waals surface area contributed by atoms with Crippen molar-refractivity contribution in [1.82, 2.24) is 0 Å². The van der Waals surface area contributed by atoms with Gasteiger partial charge in [-0.25, -0.2) is 0 Å². The summed E-state index contributed by atoms with van der Waals surface area (Å²) in [7, 11) is 0. The molecule has 0 fully saturated rings. The van der Waals surface area contributed by atoms with Crippen molar-refractivity contribution in [3.05, 3.63) is 109 Å². The van der Waals surface area contributed by atoms with Gasteiger partial charge >= 0.3 is 17.9 Å². The average Bonchev–Trinajstić information content (AvgIpc) is 3.49. The van der Waals surface area contributed by atoms with Crippen molar-refractivity contribution in [1.29, 1.82) is 0 Å². The highest BCUT2D eigenvalue weighted by Crippen LogP contribution is 2.17. The number of ether oxygens (including phenoxy) is 3. The van der Waals surface area contributed by atoms with Gasteiger partial charge in [0.05, 0.1) is 0 Å². The van der Waals surface area contributed by atoms with Gasteiger partial charge in [-0.3, -0.25) is 14.4 Å². The fourth-order valence-corrected chi connectivity index (χ4v) is 9.94. The van der Waals surface area contributed by atoms with E-state index in [2.05, 4.69) is 130 Å². The highest BCUT2D eigenvalue weighted by atomic mass is 16.6. The fraction of sp³-hybridized carbons (Fsp3) is 0.727. The van der Waals surface area contributed by atoms with E-state index in [1.54, 1.807) is 0 Å². The second-order valence-corrected chi connectivity index (χ2v) is 23.4. The lowest BCUT2D eigenvalue weighted by molar-refractivity contribution is -0.167. The molecule has 1 atom stereocenters. The van der Waals surface area contributed by atoms with Crippen LogP contribution in [0.15, 0.2) is 109 Å². The number of rotatable bonds is 64. The van der Waals surface area contributed by atoms with E-state index >= 15 is 0 Å². The lowest BCUT2D eigenvalue weighted by Gasteiger charge is -2.18. The Kier molecular flexibility index (Phi) is 67.2. The molecule has 476 valence electrons. The smallest absolute Gasteiger partial charge is 0.306 e. The Morgan fingerprint density at radius 1 is 0.253 bits per heavy atom. The summed E-state index contributed by atoms with van der Waals surface area (Å²) in [5.41, 5.74) is 0. The number of carbonyl (C=O) groups excluding carboxylic acids is 3. The Labute approximate surface area is 514 Å². The van der Waals surface area contributed by atoms with Crippen LogP contribution in [0.5, 0.6) is 0 Å². The quantitative estimate of drug-likeness (QED) is 0.0261. The molecule has 0 aliphatic rings. The molecule has 0 aromatic rings. The van der Waals surface area contributed by atoms with Crippen LogP contribution >= 0.6 is 0 Å². The number of hydrogen-bond donors (Lipinski definition) is 0. The van der Waals surface area contributed by atoms with E-state index in [1.165, 1.54) is 186 Å². The molecule has 0 aliphatic heterocycles. The maximum absolute atomic E-state index is 12.9. The van der Waals surface area contributed by atoms with Gasteiger partial charge in [-0.1, -0.05) is 304 Å². The van der Waals surface area contributed by atoms with Gasteiger partial charge in [0.15, 0.2) is 6.10 Å². The van der Waals surface area contributed by atoms with Crippen LogP contribution in [0.2, 0.25) is 0 Å². The largest absolute Gasteiger partial charge is 0.462 e. The first-order valence-corrected chi connectivity index (χ1v) is 35.4. The van der Waals surface area contributed by atoms with E-state index in [9.17, 15) is 14.4 Å². The third-order valence-corrected chi connectivity index (χ3v) is 15.2. The molecular weight excluding hydrogens is 1020 g/mol. The van der Waals surface area contributed by atoms with Crippen molar-refractivity contribution in [2.45, 2.75) is 348 Å². The summed E-state index contributed by atoms with van der Waals surface area (Å²) in [4.78, 5) is 38.5. The van der Waals surface area contributed by atoms with Crippen LogP contribution in [0.1, 0.15) is 342 Å². The van der Waals surface area contributed by atoms with Gasteiger partial charge < -0.3 is 14.2 Å². The van der Waals surface area contributed by atoms with Gasteiger partial charge in [0, 0.05) is 19.3 Å². The van der Waals surface area contributed by atoms with E-state index in [1.807, 2.05) is 0 Å². The zero-order valence-corrected chi connectivity index (χ0v) is 54.7. The van der Waals surface area contributed by atoms with Crippen molar-refractivity contribution in [3.63, 3.8) is 0 Å². The Morgan fingerprint density at radius 3 is 0.771 bits per heavy atom. The molecule has 0 N–H and O–H groups in total. The summed E-state index contributed by atoms with van der Waals surface area (Å²) >= 11 is 0. The number of esters is 3. The molecule has 1 unspecified atom stereocenters. The molecule has 0 amide bonds. The molecule has 0 aromatic carbocycles. The van der Waals surface area contributed by atoms with E-state index in [0.29, 0.717) is 12.8 Å². The molecule has 0 saturated heterocycles. The van der Waals surface area contributed by atoms with Gasteiger partial charge in [-0.15, -0.1) is 0 Å². The lowest BCUT2D eigenvalue weighted by Crippen LogP contribution is -2.30. The molecule has 0 heterocycles. The summed E-state index contributed by atoms with van der Waals surface area (Å²) in [6.45, 7) is 6.49. The number of hydrogen-bond acceptors (Lipinski definition) is 6. The summed E-state index contributed by atoms with van der Waals surface area (Å²) < 4.78 is 17.0. The Hall–Kier alpha value is -3.93. The van der Waals surface area contributed by atoms with Gasteiger partial charge in [0.2, 0.25) is 0 Å². The molecule has 83 heavy (non-hydrogen) atoms. The summed E-state index contributed by atoms with van der Waals surface area (Å²) in [6, 6.07) is 0. The monoisotopic (exact) mass is 1150 g/mol. The molecule has 0 aliphatic carbocycles. The zero-order valence-electron chi connectivity index (χ0n) is 54.7. The van der Waals surface area contributed by atoms with Crippen LogP contribution in [0.25, 0.3) is 0 Å². The third-order valence-electron chi connectivity index (χ3n) is 15.2. The van der Waals surface area contributed by atoms with Crippen molar-refractivity contribution in [2.75, 3.05) is 13.2 Å². The normalized spacial score (nSPS) is 12.8. The van der Waals surface area contributed by atoms with Crippen molar-refractivity contribution in [3.8, 4) is 0 Å². The number of unbranched alkanes of at least 4 members (excludes halogenated alkanes) is 35. The minimum absolute atomic E-state index is 0.0931. The first-order valence-electron chi connectivity index (χ1n) is 35.4. The first-order chi connectivity index (χ1) is 41.0. The maximum atomic E-state index is 12.9. The second-order valence-electron chi connectivity index (χ2n) is 23.4. The van der Waals surface area contributed by atoms with Gasteiger partial charge in [-0.05, 0) is 128 Å². The average molecular weight is 1150 g/mol. The molecule has 0 spiro atoms. The van der Waals surface area contributed by atoms with E-state index in [0.717, 1.165) is 116 Å². The SMILES string of the molecule is CC/C=C\C/C=C\C/C=C\C/C=C\C/C=C\CCCCCC(=O)OC(COC(=O)CCCCCCCCC/C=C\C/C=C\CCCCC)COC(=O)CCCCCCCCCCCCCCCCCCC/C=C\C/C=C\CCCCCCC. The topological polar surface area (TPSA) is 78.9 Å². The van der Waals surface area contributed by atoms with E-state index in [-0.39, 0.29) is 37.5 Å². The molecule has 6 nitrogen and oxygen atoms in total. The minimum Gasteiger partial charge on any atom is -0.462 e. The number of carbonyl (C=O) groups is 3. The Bertz CT molecular complexity index is 1660. The molecule has 0 aromatic heterocycles. The van der Waals surface area contributed by atoms with Crippen LogP contribution < -0.4 is 0 Å². The van der Waals surface area contributed by atoms with Crippen molar-refractivity contribution in [2.24, 2.45) is 0 Å². The molecular formula is C77H132O6. The summed E-state index contributed by atoms with van der Waals surface area (Å²) in [5.74, 6) is -0.921. The zero-order chi connectivity index (χ0) is 59.9. The van der Waals surface area contributed by atoms with Crippen LogP contribution in [-0.2, 0) is 28.6 Å². The lowest BCUT2D eigenvalue weighted by atomic mass is 10.0. The predicted octanol–water partition coefficient (Wildman–Crippen LogP) is 24.6. The van der Waals surface area contributed by atoms with E-state index < -0.39 is 6.10 Å². The van der Waals surface area contributed by atoms with Gasteiger partial charge in [-0.2, -0.15) is 0 Å². The highest BCUT2D eigenvalue weighted by molar-refractivity contribution is 5.71. The van der Waals surface area contributed by atoms with Crippen LogP contribution in [0, 0.1) is 0 Å². The highest BCUT2D eigenvalue weighted by Gasteiger charge is 2.19. The van der Waals surface area contributed by atoms with Crippen molar-refractivity contribution < 1.29 is 28.6 Å². The molecule has 6 heteroatoms.